The van der Waals surface area contributed by atoms with Crippen molar-refractivity contribution < 1.29 is 19.8 Å². The number of aliphatic carboxylic acids is 1. The number of carboxylic acids is 1. The molecular weight excluding hydrogens is 290 g/mol. The van der Waals surface area contributed by atoms with Gasteiger partial charge in [0, 0.05) is 4.47 Å². The highest BCUT2D eigenvalue weighted by molar-refractivity contribution is 9.10. The summed E-state index contributed by atoms with van der Waals surface area (Å²) in [7, 11) is 0. The minimum atomic E-state index is -1.30. The average Bonchev–Trinajstić information content (AvgIpc) is 2.28. The number of rotatable bonds is 4. The highest BCUT2D eigenvalue weighted by Gasteiger charge is 2.20. The largest absolute Gasteiger partial charge is 0.480 e. The molecule has 0 aliphatic heterocycles. The molecular formula is C11H12BrNO4. The van der Waals surface area contributed by atoms with Crippen LogP contribution in [0.4, 0.5) is 0 Å². The Balaban J connectivity index is 2.90. The van der Waals surface area contributed by atoms with Gasteiger partial charge in [0.1, 0.15) is 0 Å². The molecule has 0 unspecified atom stereocenters. The van der Waals surface area contributed by atoms with Crippen molar-refractivity contribution in [2.24, 2.45) is 0 Å². The van der Waals surface area contributed by atoms with Crippen LogP contribution in [0.1, 0.15) is 15.9 Å². The number of aliphatic hydroxyl groups is 1. The van der Waals surface area contributed by atoms with E-state index < -0.39 is 24.5 Å². The summed E-state index contributed by atoms with van der Waals surface area (Å²) >= 11 is 3.26. The molecule has 6 heteroatoms. The Morgan fingerprint density at radius 1 is 1.47 bits per heavy atom. The Morgan fingerprint density at radius 3 is 2.65 bits per heavy atom. The summed E-state index contributed by atoms with van der Waals surface area (Å²) in [4.78, 5) is 22.4. The Hall–Kier alpha value is -1.40. The van der Waals surface area contributed by atoms with E-state index in [1.54, 1.807) is 12.1 Å². The van der Waals surface area contributed by atoms with Crippen LogP contribution in [0.15, 0.2) is 22.7 Å². The standard InChI is InChI=1S/C11H12BrNO4/c1-6-3-2-4-7(9(6)12)10(15)13-8(5-14)11(16)17/h2-4,8,14H,5H2,1H3,(H,13,15)(H,16,17)/t8-/m1/s1. The second-order valence-corrected chi connectivity index (χ2v) is 4.28. The Morgan fingerprint density at radius 2 is 2.12 bits per heavy atom. The zero-order chi connectivity index (χ0) is 13.0. The highest BCUT2D eigenvalue weighted by Crippen LogP contribution is 2.20. The molecule has 0 saturated carbocycles. The van der Waals surface area contributed by atoms with Gasteiger partial charge in [-0.05, 0) is 34.5 Å². The first-order valence-corrected chi connectivity index (χ1v) is 5.66. The lowest BCUT2D eigenvalue weighted by Gasteiger charge is -2.13. The Kier molecular flexibility index (Phi) is 4.65. The van der Waals surface area contributed by atoms with Crippen molar-refractivity contribution >= 4 is 27.8 Å². The number of carbonyl (C=O) groups is 2. The Labute approximate surface area is 107 Å². The summed E-state index contributed by atoms with van der Waals surface area (Å²) in [5.74, 6) is -1.81. The van der Waals surface area contributed by atoms with Crippen molar-refractivity contribution in [1.82, 2.24) is 5.32 Å². The molecule has 0 spiro atoms. The van der Waals surface area contributed by atoms with Crippen LogP contribution >= 0.6 is 15.9 Å². The highest BCUT2D eigenvalue weighted by atomic mass is 79.9. The summed E-state index contributed by atoms with van der Waals surface area (Å²) in [6, 6.07) is 3.79. The summed E-state index contributed by atoms with van der Waals surface area (Å²) in [5.41, 5.74) is 1.21. The van der Waals surface area contributed by atoms with Gasteiger partial charge in [0.2, 0.25) is 0 Å². The molecule has 0 aliphatic carbocycles. The molecule has 1 atom stereocenters. The third kappa shape index (κ3) is 3.28. The van der Waals surface area contributed by atoms with Gasteiger partial charge < -0.3 is 15.5 Å². The molecule has 0 saturated heterocycles. The molecule has 0 bridgehead atoms. The van der Waals surface area contributed by atoms with Crippen molar-refractivity contribution in [3.63, 3.8) is 0 Å². The van der Waals surface area contributed by atoms with Crippen LogP contribution in [0.25, 0.3) is 0 Å². The van der Waals surface area contributed by atoms with Crippen molar-refractivity contribution in [2.75, 3.05) is 6.61 Å². The summed E-state index contributed by atoms with van der Waals surface area (Å²) in [5, 5.41) is 19.7. The minimum absolute atomic E-state index is 0.338. The first-order chi connectivity index (χ1) is 7.97. The second-order valence-electron chi connectivity index (χ2n) is 3.48. The maximum Gasteiger partial charge on any atom is 0.328 e. The molecule has 92 valence electrons. The number of aryl methyl sites for hydroxylation is 1. The van der Waals surface area contributed by atoms with Gasteiger partial charge in [-0.25, -0.2) is 4.79 Å². The smallest absolute Gasteiger partial charge is 0.328 e. The number of carbonyl (C=O) groups excluding carboxylic acids is 1. The Bertz CT molecular complexity index is 447. The van der Waals surface area contributed by atoms with Crippen LogP contribution in [0.5, 0.6) is 0 Å². The van der Waals surface area contributed by atoms with Crippen LogP contribution in [0.2, 0.25) is 0 Å². The van der Waals surface area contributed by atoms with Crippen molar-refractivity contribution in [3.05, 3.63) is 33.8 Å². The monoisotopic (exact) mass is 301 g/mol. The van der Waals surface area contributed by atoms with E-state index in [4.69, 9.17) is 10.2 Å². The lowest BCUT2D eigenvalue weighted by molar-refractivity contribution is -0.140. The fraction of sp³-hybridized carbons (Fsp3) is 0.273. The SMILES string of the molecule is Cc1cccc(C(=O)N[C@H](CO)C(=O)O)c1Br. The third-order valence-corrected chi connectivity index (χ3v) is 3.28. The topological polar surface area (TPSA) is 86.6 Å². The molecule has 1 aromatic carbocycles. The number of nitrogens with one attached hydrogen (secondary N) is 1. The lowest BCUT2D eigenvalue weighted by atomic mass is 10.1. The second kappa shape index (κ2) is 5.79. The molecule has 17 heavy (non-hydrogen) atoms. The number of aliphatic hydroxyl groups excluding tert-OH is 1. The van der Waals surface area contributed by atoms with Gasteiger partial charge in [0.15, 0.2) is 6.04 Å². The molecule has 0 radical (unpaired) electrons. The quantitative estimate of drug-likeness (QED) is 0.772. The van der Waals surface area contributed by atoms with Gasteiger partial charge in [-0.2, -0.15) is 0 Å². The number of benzene rings is 1. The lowest BCUT2D eigenvalue weighted by Crippen LogP contribution is -2.43. The fourth-order valence-corrected chi connectivity index (χ4v) is 1.69. The molecule has 5 nitrogen and oxygen atoms in total. The number of hydrogen-bond acceptors (Lipinski definition) is 3. The first kappa shape index (κ1) is 13.7. The van der Waals surface area contributed by atoms with Gasteiger partial charge >= 0.3 is 5.97 Å². The van der Waals surface area contributed by atoms with Crippen LogP contribution < -0.4 is 5.32 Å². The summed E-state index contributed by atoms with van der Waals surface area (Å²) < 4.78 is 0.611. The van der Waals surface area contributed by atoms with Gasteiger partial charge in [-0.1, -0.05) is 12.1 Å². The third-order valence-electron chi connectivity index (χ3n) is 2.22. The average molecular weight is 302 g/mol. The van der Waals surface area contributed by atoms with E-state index in [0.717, 1.165) is 5.56 Å². The number of hydrogen-bond donors (Lipinski definition) is 3. The van der Waals surface area contributed by atoms with E-state index in [2.05, 4.69) is 21.2 Å². The zero-order valence-electron chi connectivity index (χ0n) is 9.11. The molecule has 1 aromatic rings. The summed E-state index contributed by atoms with van der Waals surface area (Å²) in [6.45, 7) is 1.17. The van der Waals surface area contributed by atoms with E-state index in [0.29, 0.717) is 10.0 Å². The predicted molar refractivity (Wildman–Crippen MR) is 64.9 cm³/mol. The predicted octanol–water partition coefficient (Wildman–Crippen LogP) is 0.933. The molecule has 0 aliphatic rings. The van der Waals surface area contributed by atoms with Crippen molar-refractivity contribution in [2.45, 2.75) is 13.0 Å². The fourth-order valence-electron chi connectivity index (χ4n) is 1.24. The van der Waals surface area contributed by atoms with Gasteiger partial charge in [-0.15, -0.1) is 0 Å². The number of carboxylic acid groups (broad SMARTS) is 1. The van der Waals surface area contributed by atoms with Crippen LogP contribution in [-0.2, 0) is 4.79 Å². The van der Waals surface area contributed by atoms with Gasteiger partial charge in [0.05, 0.1) is 12.2 Å². The minimum Gasteiger partial charge on any atom is -0.480 e. The molecule has 0 heterocycles. The van der Waals surface area contributed by atoms with Crippen molar-refractivity contribution in [3.8, 4) is 0 Å². The first-order valence-electron chi connectivity index (χ1n) is 4.87. The van der Waals surface area contributed by atoms with Crippen LogP contribution in [0, 0.1) is 6.92 Å². The molecule has 1 amide bonds. The van der Waals surface area contributed by atoms with E-state index in [1.807, 2.05) is 13.0 Å². The van der Waals surface area contributed by atoms with Crippen molar-refractivity contribution in [1.29, 1.82) is 0 Å². The van der Waals surface area contributed by atoms with E-state index >= 15 is 0 Å². The van der Waals surface area contributed by atoms with E-state index in [-0.39, 0.29) is 0 Å². The zero-order valence-corrected chi connectivity index (χ0v) is 10.7. The number of halogens is 1. The van der Waals surface area contributed by atoms with E-state index in [1.165, 1.54) is 0 Å². The summed E-state index contributed by atoms with van der Waals surface area (Å²) in [6.07, 6.45) is 0. The molecule has 3 N–H and O–H groups in total. The van der Waals surface area contributed by atoms with Crippen LogP contribution in [0.3, 0.4) is 0 Å². The molecule has 0 fully saturated rings. The normalized spacial score (nSPS) is 11.9. The van der Waals surface area contributed by atoms with Gasteiger partial charge in [0.25, 0.3) is 5.91 Å². The number of amides is 1. The maximum atomic E-state index is 11.8. The van der Waals surface area contributed by atoms with Crippen LogP contribution in [-0.4, -0.2) is 34.7 Å². The molecule has 1 rings (SSSR count). The maximum absolute atomic E-state index is 11.8. The van der Waals surface area contributed by atoms with Gasteiger partial charge in [-0.3, -0.25) is 4.79 Å². The van der Waals surface area contributed by atoms with E-state index in [9.17, 15) is 9.59 Å². The molecule has 0 aromatic heterocycles.